The molecule has 2 aromatic carbocycles. The van der Waals surface area contributed by atoms with Crippen LogP contribution < -0.4 is 11.2 Å². The number of hydrogen-bond acceptors (Lipinski definition) is 5. The molecule has 2 heterocycles. The first-order chi connectivity index (χ1) is 15.5. The Kier molecular flexibility index (Phi) is 4.93. The maximum absolute atomic E-state index is 13.5. The Morgan fingerprint density at radius 2 is 1.69 bits per heavy atom. The maximum atomic E-state index is 13.5. The molecule has 4 aromatic rings. The molecule has 9 heteroatoms. The third kappa shape index (κ3) is 3.31. The first-order valence-electron chi connectivity index (χ1n) is 10.6. The van der Waals surface area contributed by atoms with Gasteiger partial charge in [-0.1, -0.05) is 43.2 Å². The monoisotopic (exact) mass is 431 g/mol. The van der Waals surface area contributed by atoms with E-state index < -0.39 is 4.92 Å². The molecule has 5 rings (SSSR count). The van der Waals surface area contributed by atoms with Crippen LogP contribution in [0.2, 0.25) is 0 Å². The molecular formula is C23H21N5O4. The summed E-state index contributed by atoms with van der Waals surface area (Å²) in [7, 11) is 0. The number of para-hydroxylation sites is 1. The van der Waals surface area contributed by atoms with E-state index in [9.17, 15) is 19.7 Å². The van der Waals surface area contributed by atoms with E-state index in [2.05, 4.69) is 4.98 Å². The summed E-state index contributed by atoms with van der Waals surface area (Å²) in [6, 6.07) is 15.2. The Labute approximate surface area is 182 Å². The summed E-state index contributed by atoms with van der Waals surface area (Å²) in [4.78, 5) is 41.9. The molecule has 1 fully saturated rings. The Bertz CT molecular complexity index is 1410. The van der Waals surface area contributed by atoms with Crippen LogP contribution in [0.4, 0.5) is 5.69 Å². The van der Waals surface area contributed by atoms with E-state index in [1.807, 2.05) is 30.3 Å². The van der Waals surface area contributed by atoms with Gasteiger partial charge in [0.2, 0.25) is 0 Å². The molecule has 0 radical (unpaired) electrons. The summed E-state index contributed by atoms with van der Waals surface area (Å²) in [5, 5.41) is 10.9. The van der Waals surface area contributed by atoms with Crippen molar-refractivity contribution in [3.8, 4) is 5.69 Å². The summed E-state index contributed by atoms with van der Waals surface area (Å²) in [6.07, 6.45) is 5.12. The quantitative estimate of drug-likeness (QED) is 0.356. The highest BCUT2D eigenvalue weighted by Crippen LogP contribution is 2.28. The molecule has 32 heavy (non-hydrogen) atoms. The Morgan fingerprint density at radius 3 is 2.34 bits per heavy atom. The average Bonchev–Trinajstić information content (AvgIpc) is 3.46. The maximum Gasteiger partial charge on any atom is 0.337 e. The second kappa shape index (κ2) is 7.92. The third-order valence-electron chi connectivity index (χ3n) is 6.05. The lowest BCUT2D eigenvalue weighted by molar-refractivity contribution is -0.384. The number of aromatic nitrogens is 4. The topological polar surface area (TPSA) is 105 Å². The molecule has 0 saturated heterocycles. The van der Waals surface area contributed by atoms with Crippen molar-refractivity contribution in [2.24, 2.45) is 0 Å². The van der Waals surface area contributed by atoms with Crippen molar-refractivity contribution in [2.45, 2.75) is 38.3 Å². The van der Waals surface area contributed by atoms with Crippen molar-refractivity contribution < 1.29 is 4.92 Å². The molecule has 9 nitrogen and oxygen atoms in total. The molecule has 1 saturated carbocycles. The van der Waals surface area contributed by atoms with Crippen LogP contribution in [-0.4, -0.2) is 23.6 Å². The number of fused-ring (bicyclic) bond motifs is 1. The number of nitro groups is 1. The molecule has 0 N–H and O–H groups in total. The number of imidazole rings is 1. The van der Waals surface area contributed by atoms with Crippen LogP contribution in [0.15, 0.2) is 70.5 Å². The van der Waals surface area contributed by atoms with Crippen molar-refractivity contribution in [1.29, 1.82) is 0 Å². The third-order valence-corrected chi connectivity index (χ3v) is 6.05. The molecule has 0 unspecified atom stereocenters. The second-order valence-electron chi connectivity index (χ2n) is 8.04. The van der Waals surface area contributed by atoms with Gasteiger partial charge in [-0.3, -0.25) is 19.5 Å². The van der Waals surface area contributed by atoms with Gasteiger partial charge in [0.25, 0.3) is 11.2 Å². The van der Waals surface area contributed by atoms with Gasteiger partial charge >= 0.3 is 5.69 Å². The van der Waals surface area contributed by atoms with Crippen LogP contribution in [0.25, 0.3) is 16.9 Å². The zero-order chi connectivity index (χ0) is 22.2. The molecule has 1 aliphatic rings. The van der Waals surface area contributed by atoms with Gasteiger partial charge in [0, 0.05) is 24.7 Å². The van der Waals surface area contributed by atoms with Crippen molar-refractivity contribution in [3.63, 3.8) is 0 Å². The van der Waals surface area contributed by atoms with Gasteiger partial charge in [-0.2, -0.15) is 0 Å². The molecule has 162 valence electrons. The molecule has 0 atom stereocenters. The zero-order valence-corrected chi connectivity index (χ0v) is 17.3. The number of nitro benzene ring substituents is 1. The summed E-state index contributed by atoms with van der Waals surface area (Å²) >= 11 is 0. The van der Waals surface area contributed by atoms with Gasteiger partial charge in [-0.05, 0) is 30.5 Å². The molecule has 0 bridgehead atoms. The van der Waals surface area contributed by atoms with Crippen molar-refractivity contribution in [3.05, 3.63) is 97.4 Å². The molecule has 0 aliphatic heterocycles. The fourth-order valence-electron chi connectivity index (χ4n) is 4.49. The minimum atomic E-state index is -0.449. The zero-order valence-electron chi connectivity index (χ0n) is 17.3. The molecular weight excluding hydrogens is 410 g/mol. The van der Waals surface area contributed by atoms with Crippen molar-refractivity contribution in [2.75, 3.05) is 0 Å². The molecule has 0 amide bonds. The highest BCUT2D eigenvalue weighted by Gasteiger charge is 2.26. The number of nitrogens with zero attached hydrogens (tertiary/aromatic N) is 5. The van der Waals surface area contributed by atoms with E-state index in [1.54, 1.807) is 23.0 Å². The molecule has 2 aromatic heterocycles. The summed E-state index contributed by atoms with van der Waals surface area (Å²) in [6.45, 7) is 0.307. The fraction of sp³-hybridized carbons (Fsp3) is 0.261. The van der Waals surface area contributed by atoms with Crippen LogP contribution in [0, 0.1) is 10.1 Å². The summed E-state index contributed by atoms with van der Waals surface area (Å²) in [5.41, 5.74) is 1.38. The summed E-state index contributed by atoms with van der Waals surface area (Å²) in [5.74, 6) is 0. The molecule has 0 spiro atoms. The van der Waals surface area contributed by atoms with Crippen molar-refractivity contribution in [1.82, 2.24) is 18.7 Å². The number of non-ortho nitro benzene ring substituents is 1. The lowest BCUT2D eigenvalue weighted by Crippen LogP contribution is -2.41. The number of hydrogen-bond donors (Lipinski definition) is 0. The lowest BCUT2D eigenvalue weighted by atomic mass is 10.2. The van der Waals surface area contributed by atoms with Gasteiger partial charge in [0.15, 0.2) is 11.2 Å². The van der Waals surface area contributed by atoms with Crippen LogP contribution in [0.5, 0.6) is 0 Å². The second-order valence-corrected chi connectivity index (χ2v) is 8.04. The van der Waals surface area contributed by atoms with E-state index in [0.29, 0.717) is 23.4 Å². The van der Waals surface area contributed by atoms with Crippen molar-refractivity contribution >= 4 is 16.9 Å². The van der Waals surface area contributed by atoms with Gasteiger partial charge < -0.3 is 4.57 Å². The van der Waals surface area contributed by atoms with Crippen LogP contribution in [-0.2, 0) is 6.54 Å². The smallest absolute Gasteiger partial charge is 0.320 e. The van der Waals surface area contributed by atoms with Crippen LogP contribution in [0.1, 0.15) is 37.3 Å². The number of rotatable bonds is 5. The average molecular weight is 431 g/mol. The summed E-state index contributed by atoms with van der Waals surface area (Å²) < 4.78 is 4.60. The Balaban J connectivity index is 1.71. The minimum absolute atomic E-state index is 0.00532. The lowest BCUT2D eigenvalue weighted by Gasteiger charge is -2.17. The van der Waals surface area contributed by atoms with E-state index in [-0.39, 0.29) is 23.0 Å². The minimum Gasteiger partial charge on any atom is -0.320 e. The Hall–Kier alpha value is -4.01. The fourth-order valence-corrected chi connectivity index (χ4v) is 4.49. The predicted molar refractivity (Wildman–Crippen MR) is 119 cm³/mol. The first-order valence-corrected chi connectivity index (χ1v) is 10.6. The van der Waals surface area contributed by atoms with Crippen LogP contribution in [0.3, 0.4) is 0 Å². The largest absolute Gasteiger partial charge is 0.337 e. The first kappa shape index (κ1) is 19.9. The molecule has 1 aliphatic carbocycles. The predicted octanol–water partition coefficient (Wildman–Crippen LogP) is 3.42. The number of benzene rings is 2. The van der Waals surface area contributed by atoms with E-state index >= 15 is 0 Å². The highest BCUT2D eigenvalue weighted by molar-refractivity contribution is 5.72. The van der Waals surface area contributed by atoms with E-state index in [0.717, 1.165) is 31.2 Å². The van der Waals surface area contributed by atoms with Crippen LogP contribution >= 0.6 is 0 Å². The SMILES string of the molecule is O=c1c2c(ncn2Cc2ccc([N+](=O)[O-])cc2)n(-c2ccccc2)c(=O)n1C1CCCC1. The van der Waals surface area contributed by atoms with Gasteiger partial charge in [0.1, 0.15) is 0 Å². The van der Waals surface area contributed by atoms with E-state index in [4.69, 9.17) is 0 Å². The van der Waals surface area contributed by atoms with E-state index in [1.165, 1.54) is 21.3 Å². The Morgan fingerprint density at radius 1 is 1.00 bits per heavy atom. The normalized spacial score (nSPS) is 14.2. The van der Waals surface area contributed by atoms with Gasteiger partial charge in [-0.25, -0.2) is 14.3 Å². The van der Waals surface area contributed by atoms with Gasteiger partial charge in [0.05, 0.1) is 16.9 Å². The van der Waals surface area contributed by atoms with Gasteiger partial charge in [-0.15, -0.1) is 0 Å². The standard InChI is InChI=1S/C23H21N5O4/c29-22-20-21(24-15-25(20)14-16-10-12-19(13-11-16)28(31)32)26(17-6-2-1-3-7-17)23(30)27(22)18-8-4-5-9-18/h1-3,6-7,10-13,15,18H,4-5,8-9,14H2. The highest BCUT2D eigenvalue weighted by atomic mass is 16.6.